The van der Waals surface area contributed by atoms with Crippen molar-refractivity contribution in [2.24, 2.45) is 5.10 Å². The van der Waals surface area contributed by atoms with Crippen molar-refractivity contribution in [3.8, 4) is 0 Å². The maximum Gasteiger partial charge on any atom is 0.280 e. The normalized spacial score (nSPS) is 14.3. The Morgan fingerprint density at radius 1 is 0.875 bits per heavy atom. The highest BCUT2D eigenvalue weighted by atomic mass is 32.2. The van der Waals surface area contributed by atoms with Gasteiger partial charge in [0.1, 0.15) is 5.69 Å². The van der Waals surface area contributed by atoms with Gasteiger partial charge in [-0.05, 0) is 41.0 Å². The number of non-ortho nitro benzene ring substituents is 1. The number of fused-ring (bicyclic) bond motifs is 1. The van der Waals surface area contributed by atoms with Crippen molar-refractivity contribution in [1.82, 2.24) is 0 Å². The van der Waals surface area contributed by atoms with E-state index >= 15 is 0 Å². The van der Waals surface area contributed by atoms with Gasteiger partial charge in [0.25, 0.3) is 11.6 Å². The Kier molecular flexibility index (Phi) is 7.11. The summed E-state index contributed by atoms with van der Waals surface area (Å²) in [6, 6.07) is 17.1. The number of hydrogen-bond donors (Lipinski definition) is 0. The van der Waals surface area contributed by atoms with Crippen molar-refractivity contribution in [2.75, 3.05) is 5.01 Å². The zero-order chi connectivity index (χ0) is 28.7. The van der Waals surface area contributed by atoms with Gasteiger partial charge >= 0.3 is 0 Å². The van der Waals surface area contributed by atoms with Gasteiger partial charge in [-0.2, -0.15) is 10.1 Å². The van der Waals surface area contributed by atoms with Gasteiger partial charge < -0.3 is 0 Å². The van der Waals surface area contributed by atoms with Crippen LogP contribution in [0.15, 0.2) is 76.2 Å². The lowest BCUT2D eigenvalue weighted by molar-refractivity contribution is -0.384. The first-order valence-electron chi connectivity index (χ1n) is 11.6. The fraction of sp³-hybridized carbons (Fsp3) is 0.0714. The van der Waals surface area contributed by atoms with Crippen molar-refractivity contribution < 1.29 is 31.7 Å². The largest absolute Gasteiger partial charge is 0.280 e. The smallest absolute Gasteiger partial charge is 0.267 e. The van der Waals surface area contributed by atoms with Crippen LogP contribution >= 0.6 is 11.8 Å². The van der Waals surface area contributed by atoms with Crippen LogP contribution in [0, 0.1) is 39.2 Å². The van der Waals surface area contributed by atoms with Gasteiger partial charge in [-0.25, -0.2) is 22.0 Å². The van der Waals surface area contributed by atoms with Crippen LogP contribution in [0.1, 0.15) is 18.1 Å². The highest BCUT2D eigenvalue weighted by molar-refractivity contribution is 7.98. The molecular formula is C28H16F5N3O3S. The number of carbonyl (C=O) groups is 1. The lowest BCUT2D eigenvalue weighted by atomic mass is 10.0. The zero-order valence-electron chi connectivity index (χ0n) is 20.4. The second-order valence-corrected chi connectivity index (χ2v) is 9.71. The van der Waals surface area contributed by atoms with Crippen molar-refractivity contribution in [2.45, 2.75) is 17.6 Å². The summed E-state index contributed by atoms with van der Waals surface area (Å²) in [6.45, 7) is 1.38. The molecule has 0 radical (unpaired) electrons. The third kappa shape index (κ3) is 4.70. The number of halogens is 5. The molecule has 0 spiro atoms. The minimum Gasteiger partial charge on any atom is -0.267 e. The number of carbonyl (C=O) groups excluding carboxylic acids is 1. The first-order valence-corrected chi connectivity index (χ1v) is 12.6. The van der Waals surface area contributed by atoms with Crippen LogP contribution in [-0.4, -0.2) is 16.5 Å². The molecular weight excluding hydrogens is 553 g/mol. The summed E-state index contributed by atoms with van der Waals surface area (Å²) >= 11 is 1.50. The van der Waals surface area contributed by atoms with Crippen LogP contribution in [0.5, 0.6) is 0 Å². The minimum absolute atomic E-state index is 0.00405. The highest BCUT2D eigenvalue weighted by Gasteiger charge is 2.37. The number of amides is 1. The molecule has 0 aromatic heterocycles. The summed E-state index contributed by atoms with van der Waals surface area (Å²) in [5.74, 6) is -11.5. The average Bonchev–Trinajstić information content (AvgIpc) is 3.23. The van der Waals surface area contributed by atoms with Crippen LogP contribution in [0.3, 0.4) is 0 Å². The molecule has 0 atom stereocenters. The number of thioether (sulfide) groups is 1. The van der Waals surface area contributed by atoms with Crippen molar-refractivity contribution in [3.63, 3.8) is 0 Å². The molecule has 0 saturated carbocycles. The number of hydrogen-bond acceptors (Lipinski definition) is 5. The molecule has 0 N–H and O–H groups in total. The number of nitrogens with zero attached hydrogens (tertiary/aromatic N) is 3. The standard InChI is InChI=1S/C28H16F5N3O3S/c1-14-20(28(37)35(34-14)27-25(32)23(30)22(29)24(31)26(27)33)12-16-8-11-21(19-5-3-2-4-18(16)19)40-13-15-6-9-17(10-7-15)36(38)39/h2-12H,13H2,1H3/b20-12+. The number of anilines is 1. The van der Waals surface area contributed by atoms with Gasteiger partial charge in [0.2, 0.25) is 5.82 Å². The molecule has 1 aliphatic rings. The maximum absolute atomic E-state index is 14.4. The van der Waals surface area contributed by atoms with Crippen LogP contribution < -0.4 is 5.01 Å². The fourth-order valence-electron chi connectivity index (χ4n) is 4.19. The molecule has 0 bridgehead atoms. The number of benzene rings is 4. The van der Waals surface area contributed by atoms with E-state index in [0.717, 1.165) is 21.2 Å². The molecule has 12 heteroatoms. The van der Waals surface area contributed by atoms with E-state index in [-0.39, 0.29) is 22.0 Å². The second kappa shape index (κ2) is 10.5. The topological polar surface area (TPSA) is 75.8 Å². The summed E-state index contributed by atoms with van der Waals surface area (Å²) in [5.41, 5.74) is -0.0763. The number of nitro benzene ring substituents is 1. The van der Waals surface area contributed by atoms with Crippen LogP contribution in [0.2, 0.25) is 0 Å². The Hall–Kier alpha value is -4.58. The third-order valence-corrected chi connectivity index (χ3v) is 7.36. The fourth-order valence-corrected chi connectivity index (χ4v) is 5.20. The predicted octanol–water partition coefficient (Wildman–Crippen LogP) is 7.54. The highest BCUT2D eigenvalue weighted by Crippen LogP contribution is 2.36. The zero-order valence-corrected chi connectivity index (χ0v) is 21.2. The van der Waals surface area contributed by atoms with Gasteiger partial charge in [-0.15, -0.1) is 11.8 Å². The van der Waals surface area contributed by atoms with E-state index in [1.54, 1.807) is 24.3 Å². The molecule has 0 unspecified atom stereocenters. The average molecular weight is 570 g/mol. The maximum atomic E-state index is 14.4. The molecule has 40 heavy (non-hydrogen) atoms. The Labute approximate surface area is 227 Å². The van der Waals surface area contributed by atoms with Crippen LogP contribution in [-0.2, 0) is 10.5 Å². The molecule has 0 aliphatic carbocycles. The van der Waals surface area contributed by atoms with Crippen LogP contribution in [0.25, 0.3) is 16.8 Å². The first-order chi connectivity index (χ1) is 19.1. The van der Waals surface area contributed by atoms with Gasteiger partial charge in [0.05, 0.1) is 16.2 Å². The van der Waals surface area contributed by atoms with Crippen LogP contribution in [0.4, 0.5) is 33.3 Å². The van der Waals surface area contributed by atoms with Crippen molar-refractivity contribution >= 4 is 51.6 Å². The summed E-state index contributed by atoms with van der Waals surface area (Å²) < 4.78 is 69.8. The van der Waals surface area contributed by atoms with Gasteiger partial charge in [-0.3, -0.25) is 14.9 Å². The molecule has 1 amide bonds. The van der Waals surface area contributed by atoms with E-state index in [0.29, 0.717) is 11.3 Å². The quantitative estimate of drug-likeness (QED) is 0.0457. The van der Waals surface area contributed by atoms with Gasteiger partial charge in [-0.1, -0.05) is 42.5 Å². The number of rotatable bonds is 6. The first kappa shape index (κ1) is 27.0. The number of nitro groups is 1. The van der Waals surface area contributed by atoms with Crippen molar-refractivity contribution in [1.29, 1.82) is 0 Å². The van der Waals surface area contributed by atoms with E-state index in [9.17, 15) is 36.9 Å². The van der Waals surface area contributed by atoms with Gasteiger partial charge in [0.15, 0.2) is 23.3 Å². The molecule has 5 rings (SSSR count). The molecule has 0 saturated heterocycles. The summed E-state index contributed by atoms with van der Waals surface area (Å²) in [5, 5.41) is 16.4. The van der Waals surface area contributed by atoms with E-state index in [1.807, 2.05) is 24.3 Å². The van der Waals surface area contributed by atoms with E-state index in [1.165, 1.54) is 36.9 Å². The molecule has 6 nitrogen and oxygen atoms in total. The predicted molar refractivity (Wildman–Crippen MR) is 141 cm³/mol. The Balaban J connectivity index is 1.47. The molecule has 202 valence electrons. The summed E-state index contributed by atoms with van der Waals surface area (Å²) in [6.07, 6.45) is 1.44. The van der Waals surface area contributed by atoms with Crippen molar-refractivity contribution in [3.05, 3.63) is 117 Å². The Bertz CT molecular complexity index is 1740. The lowest BCUT2D eigenvalue weighted by Crippen LogP contribution is -2.25. The monoisotopic (exact) mass is 569 g/mol. The molecule has 4 aromatic rings. The Morgan fingerprint density at radius 2 is 1.48 bits per heavy atom. The molecule has 4 aromatic carbocycles. The SMILES string of the molecule is CC1=NN(c2c(F)c(F)c(F)c(F)c2F)C(=O)/C1=C/c1ccc(SCc2ccc([N+](=O)[O-])cc2)c2ccccc12. The lowest BCUT2D eigenvalue weighted by Gasteiger charge is -2.15. The van der Waals surface area contributed by atoms with Gasteiger partial charge in [0, 0.05) is 22.8 Å². The minimum atomic E-state index is -2.33. The third-order valence-electron chi connectivity index (χ3n) is 6.22. The second-order valence-electron chi connectivity index (χ2n) is 8.69. The van der Waals surface area contributed by atoms with E-state index in [2.05, 4.69) is 5.10 Å². The number of hydrazone groups is 1. The van der Waals surface area contributed by atoms with E-state index < -0.39 is 45.6 Å². The molecule has 1 aliphatic heterocycles. The van der Waals surface area contributed by atoms with E-state index in [4.69, 9.17) is 0 Å². The summed E-state index contributed by atoms with van der Waals surface area (Å²) in [4.78, 5) is 24.4. The summed E-state index contributed by atoms with van der Waals surface area (Å²) in [7, 11) is 0. The Morgan fingerprint density at radius 3 is 2.10 bits per heavy atom. The molecule has 1 heterocycles. The molecule has 0 fully saturated rings.